The molecule has 20 heavy (non-hydrogen) atoms. The van der Waals surface area contributed by atoms with E-state index in [1.54, 1.807) is 18.2 Å². The molecule has 7 heteroatoms. The third-order valence-electron chi connectivity index (χ3n) is 2.76. The molecule has 6 nitrogen and oxygen atoms in total. The molecule has 0 atom stereocenters. The van der Waals surface area contributed by atoms with Crippen LogP contribution >= 0.6 is 0 Å². The Kier molecular flexibility index (Phi) is 4.15. The predicted molar refractivity (Wildman–Crippen MR) is 76.4 cm³/mol. The van der Waals surface area contributed by atoms with Crippen molar-refractivity contribution >= 4 is 31.5 Å². The molecule has 0 unspecified atom stereocenters. The van der Waals surface area contributed by atoms with Gasteiger partial charge in [0.1, 0.15) is 0 Å². The van der Waals surface area contributed by atoms with E-state index in [0.717, 1.165) is 0 Å². The Hall–Kier alpha value is -2.20. The van der Waals surface area contributed by atoms with Gasteiger partial charge >= 0.3 is 121 Å². The van der Waals surface area contributed by atoms with Crippen LogP contribution in [0, 0.1) is 10.1 Å². The average Bonchev–Trinajstić information content (AvgIpc) is 2.39. The molecule has 0 aliphatic rings. The van der Waals surface area contributed by atoms with Gasteiger partial charge in [-0.15, -0.1) is 0 Å². The minimum absolute atomic E-state index is 0.0320. The van der Waals surface area contributed by atoms with E-state index in [1.807, 2.05) is 0 Å². The molecule has 0 bridgehead atoms. The fourth-order valence-electron chi connectivity index (χ4n) is 1.68. The molecule has 0 fully saturated rings. The standard InChI is InChI=1S/C13H12AsN2O4/c15-11-2-1-3-12(17)9(11)7-14-10-6-8(16(19)20)4-5-13(10)18/h1-6,17-18H,7,15H2. The number of aromatic hydroxyl groups is 2. The van der Waals surface area contributed by atoms with Crippen molar-refractivity contribution in [3.05, 3.63) is 52.1 Å². The summed E-state index contributed by atoms with van der Waals surface area (Å²) in [6, 6.07) is 8.82. The second-order valence-corrected chi connectivity index (χ2v) is 6.43. The Morgan fingerprint density at radius 3 is 2.60 bits per heavy atom. The molecule has 2 rings (SSSR count). The van der Waals surface area contributed by atoms with Crippen molar-refractivity contribution in [2.24, 2.45) is 0 Å². The summed E-state index contributed by atoms with van der Waals surface area (Å²) in [4.78, 5) is 10.2. The van der Waals surface area contributed by atoms with Gasteiger partial charge in [-0.3, -0.25) is 0 Å². The summed E-state index contributed by atoms with van der Waals surface area (Å²) in [7, 11) is 0. The zero-order valence-corrected chi connectivity index (χ0v) is 12.2. The second-order valence-electron chi connectivity index (χ2n) is 4.09. The molecule has 2 aromatic carbocycles. The zero-order valence-electron chi connectivity index (χ0n) is 10.4. The summed E-state index contributed by atoms with van der Waals surface area (Å²) >= 11 is -0.583. The molecule has 0 aliphatic heterocycles. The number of nitrogens with zero attached hydrogens (tertiary/aromatic N) is 1. The summed E-state index contributed by atoms with van der Waals surface area (Å²) in [5, 5.41) is 30.7. The SMILES string of the molecule is Nc1cccc(O)c1C[As]c1cc([N+](=O)[O-])ccc1O. The Balaban J connectivity index is 2.23. The number of hydrogen-bond acceptors (Lipinski definition) is 5. The third kappa shape index (κ3) is 3.03. The Morgan fingerprint density at radius 1 is 1.20 bits per heavy atom. The van der Waals surface area contributed by atoms with Crippen LogP contribution in [0.3, 0.4) is 0 Å². The summed E-state index contributed by atoms with van der Waals surface area (Å²) in [6.45, 7) is 0. The number of non-ortho nitro benzene ring substituents is 1. The van der Waals surface area contributed by atoms with Crippen molar-refractivity contribution in [1.29, 1.82) is 0 Å². The van der Waals surface area contributed by atoms with E-state index in [9.17, 15) is 20.3 Å². The van der Waals surface area contributed by atoms with Crippen LogP contribution in [0.4, 0.5) is 11.4 Å². The van der Waals surface area contributed by atoms with E-state index in [0.29, 0.717) is 20.8 Å². The summed E-state index contributed by atoms with van der Waals surface area (Å²) in [5.74, 6) is 0.134. The maximum atomic E-state index is 10.7. The molecule has 0 aromatic heterocycles. The number of phenolic OH excluding ortho intramolecular Hbond substituents is 2. The molecule has 0 saturated heterocycles. The first-order valence-corrected chi connectivity index (χ1v) is 7.97. The van der Waals surface area contributed by atoms with Gasteiger partial charge in [0.2, 0.25) is 0 Å². The second kappa shape index (κ2) is 5.84. The predicted octanol–water partition coefficient (Wildman–Crippen LogP) is 1.12. The monoisotopic (exact) mass is 335 g/mol. The van der Waals surface area contributed by atoms with Crippen LogP contribution in [0.15, 0.2) is 36.4 Å². The maximum absolute atomic E-state index is 10.7. The van der Waals surface area contributed by atoms with Crippen molar-refractivity contribution in [1.82, 2.24) is 0 Å². The van der Waals surface area contributed by atoms with Crippen LogP contribution in [-0.4, -0.2) is 30.9 Å². The molecule has 103 valence electrons. The minimum atomic E-state index is -0.583. The number of nitrogens with two attached hydrogens (primary N) is 1. The van der Waals surface area contributed by atoms with Gasteiger partial charge in [-0.2, -0.15) is 0 Å². The molecule has 2 aromatic rings. The van der Waals surface area contributed by atoms with Crippen molar-refractivity contribution in [2.45, 2.75) is 5.21 Å². The van der Waals surface area contributed by atoms with Crippen molar-refractivity contribution in [2.75, 3.05) is 5.73 Å². The van der Waals surface area contributed by atoms with E-state index in [1.165, 1.54) is 18.2 Å². The number of nitro groups is 1. The molecule has 0 heterocycles. The fraction of sp³-hybridized carbons (Fsp3) is 0.0769. The molecule has 0 amide bonds. The number of anilines is 1. The molecule has 4 N–H and O–H groups in total. The molecule has 0 aliphatic carbocycles. The first-order chi connectivity index (χ1) is 9.49. The first-order valence-electron chi connectivity index (χ1n) is 5.70. The quantitative estimate of drug-likeness (QED) is 0.336. The van der Waals surface area contributed by atoms with Crippen LogP contribution in [0.5, 0.6) is 11.5 Å². The Morgan fingerprint density at radius 2 is 1.95 bits per heavy atom. The van der Waals surface area contributed by atoms with E-state index >= 15 is 0 Å². The van der Waals surface area contributed by atoms with Crippen LogP contribution < -0.4 is 10.1 Å². The summed E-state index contributed by atoms with van der Waals surface area (Å²) in [5.41, 5.74) is 6.82. The fourth-order valence-corrected chi connectivity index (χ4v) is 4.06. The number of nitrogen functional groups attached to an aromatic ring is 1. The van der Waals surface area contributed by atoms with E-state index in [2.05, 4.69) is 0 Å². The van der Waals surface area contributed by atoms with Crippen molar-refractivity contribution in [3.8, 4) is 11.5 Å². The van der Waals surface area contributed by atoms with Crippen LogP contribution in [0.1, 0.15) is 5.56 Å². The van der Waals surface area contributed by atoms with Gasteiger partial charge in [0.05, 0.1) is 0 Å². The van der Waals surface area contributed by atoms with Crippen LogP contribution in [-0.2, 0) is 5.21 Å². The number of hydrogen-bond donors (Lipinski definition) is 3. The van der Waals surface area contributed by atoms with Gasteiger partial charge < -0.3 is 0 Å². The van der Waals surface area contributed by atoms with Crippen molar-refractivity contribution in [3.63, 3.8) is 0 Å². The molecule has 1 radical (unpaired) electrons. The zero-order chi connectivity index (χ0) is 14.7. The molecule has 0 spiro atoms. The average molecular weight is 335 g/mol. The number of rotatable bonds is 4. The van der Waals surface area contributed by atoms with Gasteiger partial charge in [0.15, 0.2) is 0 Å². The van der Waals surface area contributed by atoms with Crippen LogP contribution in [0.2, 0.25) is 0 Å². The van der Waals surface area contributed by atoms with Gasteiger partial charge in [0, 0.05) is 0 Å². The van der Waals surface area contributed by atoms with Crippen molar-refractivity contribution < 1.29 is 15.1 Å². The molecular weight excluding hydrogens is 323 g/mol. The number of phenols is 2. The van der Waals surface area contributed by atoms with Gasteiger partial charge in [0.25, 0.3) is 0 Å². The summed E-state index contributed by atoms with van der Waals surface area (Å²) in [6.07, 6.45) is 0. The molecule has 0 saturated carbocycles. The van der Waals surface area contributed by atoms with E-state index in [4.69, 9.17) is 5.73 Å². The summed E-state index contributed by atoms with van der Waals surface area (Å²) < 4.78 is 0.540. The Labute approximate surface area is 121 Å². The third-order valence-corrected chi connectivity index (χ3v) is 5.23. The normalized spacial score (nSPS) is 11.0. The number of benzene rings is 2. The van der Waals surface area contributed by atoms with Gasteiger partial charge in [-0.1, -0.05) is 0 Å². The first kappa shape index (κ1) is 14.2. The van der Waals surface area contributed by atoms with E-state index < -0.39 is 20.7 Å². The Bertz CT molecular complexity index is 641. The van der Waals surface area contributed by atoms with E-state index in [-0.39, 0.29) is 17.2 Å². The van der Waals surface area contributed by atoms with Gasteiger partial charge in [-0.05, 0) is 0 Å². The molecular formula is C13H12AsN2O4. The topological polar surface area (TPSA) is 110 Å². The van der Waals surface area contributed by atoms with Gasteiger partial charge in [-0.25, -0.2) is 0 Å². The van der Waals surface area contributed by atoms with Crippen LogP contribution in [0.25, 0.3) is 0 Å². The number of nitro benzene ring substituents is 1.